The SMILES string of the molecule is FC(F)(F)COCCc1noc(CC2CNCCO2)n1. The lowest BCUT2D eigenvalue weighted by molar-refractivity contribution is -0.173. The zero-order chi connectivity index (χ0) is 14.4. The van der Waals surface area contributed by atoms with Crippen LogP contribution in [-0.2, 0) is 22.3 Å². The van der Waals surface area contributed by atoms with Gasteiger partial charge in [0.1, 0.15) is 6.61 Å². The molecule has 0 aromatic carbocycles. The maximum atomic E-state index is 11.9. The van der Waals surface area contributed by atoms with Crippen LogP contribution in [0.2, 0.25) is 0 Å². The molecule has 1 aliphatic rings. The van der Waals surface area contributed by atoms with Crippen molar-refractivity contribution in [3.8, 4) is 0 Å². The van der Waals surface area contributed by atoms with Crippen LogP contribution in [-0.4, -0.2) is 55.3 Å². The molecule has 1 fully saturated rings. The molecule has 0 amide bonds. The van der Waals surface area contributed by atoms with Gasteiger partial charge in [-0.15, -0.1) is 0 Å². The van der Waals surface area contributed by atoms with Crippen molar-refractivity contribution >= 4 is 0 Å². The van der Waals surface area contributed by atoms with Crippen molar-refractivity contribution in [2.24, 2.45) is 0 Å². The van der Waals surface area contributed by atoms with Crippen LogP contribution in [0.4, 0.5) is 13.2 Å². The van der Waals surface area contributed by atoms with Gasteiger partial charge in [-0.25, -0.2) is 0 Å². The molecule has 1 N–H and O–H groups in total. The topological polar surface area (TPSA) is 69.4 Å². The summed E-state index contributed by atoms with van der Waals surface area (Å²) in [6.07, 6.45) is -3.65. The number of morpholine rings is 1. The standard InChI is InChI=1S/C11H16F3N3O3/c12-11(13,14)7-18-3-1-9-16-10(20-17-9)5-8-6-15-2-4-19-8/h8,15H,1-7H2. The van der Waals surface area contributed by atoms with Crippen LogP contribution in [0.5, 0.6) is 0 Å². The molecule has 0 aliphatic carbocycles. The zero-order valence-electron chi connectivity index (χ0n) is 10.8. The molecule has 114 valence electrons. The number of halogens is 3. The summed E-state index contributed by atoms with van der Waals surface area (Å²) in [4.78, 5) is 4.09. The Morgan fingerprint density at radius 1 is 1.40 bits per heavy atom. The first-order chi connectivity index (χ1) is 9.53. The van der Waals surface area contributed by atoms with E-state index in [1.54, 1.807) is 0 Å². The fraction of sp³-hybridized carbons (Fsp3) is 0.818. The van der Waals surface area contributed by atoms with Crippen LogP contribution in [0.25, 0.3) is 0 Å². The van der Waals surface area contributed by atoms with E-state index < -0.39 is 12.8 Å². The van der Waals surface area contributed by atoms with Crippen molar-refractivity contribution in [3.05, 3.63) is 11.7 Å². The molecule has 0 bridgehead atoms. The molecule has 0 radical (unpaired) electrons. The molecule has 20 heavy (non-hydrogen) atoms. The van der Waals surface area contributed by atoms with E-state index in [1.807, 2.05) is 0 Å². The highest BCUT2D eigenvalue weighted by molar-refractivity contribution is 4.89. The highest BCUT2D eigenvalue weighted by Crippen LogP contribution is 2.14. The van der Waals surface area contributed by atoms with Gasteiger partial charge in [0.25, 0.3) is 0 Å². The predicted molar refractivity (Wildman–Crippen MR) is 61.2 cm³/mol. The second kappa shape index (κ2) is 7.00. The van der Waals surface area contributed by atoms with Gasteiger partial charge >= 0.3 is 6.18 Å². The molecule has 6 nitrogen and oxygen atoms in total. The van der Waals surface area contributed by atoms with E-state index in [9.17, 15) is 13.2 Å². The molecule has 9 heteroatoms. The fourth-order valence-corrected chi connectivity index (χ4v) is 1.77. The summed E-state index contributed by atoms with van der Waals surface area (Å²) in [7, 11) is 0. The van der Waals surface area contributed by atoms with Gasteiger partial charge in [0.05, 0.1) is 25.7 Å². The molecule has 1 atom stereocenters. The van der Waals surface area contributed by atoms with Crippen molar-refractivity contribution in [1.82, 2.24) is 15.5 Å². The third kappa shape index (κ3) is 5.43. The van der Waals surface area contributed by atoms with Crippen molar-refractivity contribution in [2.75, 3.05) is 32.9 Å². The first kappa shape index (κ1) is 15.2. The quantitative estimate of drug-likeness (QED) is 0.780. The molecular weight excluding hydrogens is 279 g/mol. The molecule has 0 spiro atoms. The Bertz CT molecular complexity index is 405. The van der Waals surface area contributed by atoms with Gasteiger partial charge in [-0.3, -0.25) is 0 Å². The molecule has 1 unspecified atom stereocenters. The summed E-state index contributed by atoms with van der Waals surface area (Å²) in [5, 5.41) is 6.87. The summed E-state index contributed by atoms with van der Waals surface area (Å²) < 4.78 is 50.5. The van der Waals surface area contributed by atoms with Crippen LogP contribution >= 0.6 is 0 Å². The fourth-order valence-electron chi connectivity index (χ4n) is 1.77. The number of hydrogen-bond acceptors (Lipinski definition) is 6. The molecule has 1 aromatic rings. The molecular formula is C11H16F3N3O3. The second-order valence-corrected chi connectivity index (χ2v) is 4.42. The summed E-state index contributed by atoms with van der Waals surface area (Å²) in [5.74, 6) is 0.760. The molecule has 2 rings (SSSR count). The Morgan fingerprint density at radius 2 is 2.25 bits per heavy atom. The average Bonchev–Trinajstić information content (AvgIpc) is 2.82. The minimum Gasteiger partial charge on any atom is -0.375 e. The number of nitrogens with zero attached hydrogens (tertiary/aromatic N) is 2. The number of rotatable bonds is 6. The summed E-state index contributed by atoms with van der Waals surface area (Å²) >= 11 is 0. The van der Waals surface area contributed by atoms with Gasteiger partial charge in [0.2, 0.25) is 5.89 Å². The Kier molecular flexibility index (Phi) is 5.32. The predicted octanol–water partition coefficient (Wildman–Crippen LogP) is 0.722. The largest absolute Gasteiger partial charge is 0.411 e. The third-order valence-electron chi connectivity index (χ3n) is 2.65. The van der Waals surface area contributed by atoms with E-state index >= 15 is 0 Å². The summed E-state index contributed by atoms with van der Waals surface area (Å²) in [6.45, 7) is 0.810. The van der Waals surface area contributed by atoms with Crippen molar-refractivity contribution in [3.63, 3.8) is 0 Å². The van der Waals surface area contributed by atoms with Gasteiger partial charge in [-0.05, 0) is 0 Å². The van der Waals surface area contributed by atoms with Crippen LogP contribution in [0, 0.1) is 0 Å². The summed E-state index contributed by atoms with van der Waals surface area (Å²) in [6, 6.07) is 0. The Balaban J connectivity index is 1.69. The maximum Gasteiger partial charge on any atom is 0.411 e. The number of alkyl halides is 3. The minimum absolute atomic E-state index is 0.0153. The van der Waals surface area contributed by atoms with E-state index in [0.29, 0.717) is 31.3 Å². The highest BCUT2D eigenvalue weighted by atomic mass is 19.4. The number of ether oxygens (including phenoxy) is 2. The van der Waals surface area contributed by atoms with Crippen molar-refractivity contribution < 1.29 is 27.2 Å². The minimum atomic E-state index is -4.31. The number of hydrogen-bond donors (Lipinski definition) is 1. The zero-order valence-corrected chi connectivity index (χ0v) is 10.8. The van der Waals surface area contributed by atoms with E-state index in [0.717, 1.165) is 6.54 Å². The first-order valence-electron chi connectivity index (χ1n) is 6.31. The lowest BCUT2D eigenvalue weighted by Gasteiger charge is -2.21. The van der Waals surface area contributed by atoms with E-state index in [1.165, 1.54) is 0 Å². The number of aromatic nitrogens is 2. The molecule has 1 aliphatic heterocycles. The van der Waals surface area contributed by atoms with E-state index in [2.05, 4.69) is 20.2 Å². The third-order valence-corrected chi connectivity index (χ3v) is 2.65. The van der Waals surface area contributed by atoms with Gasteiger partial charge in [0, 0.05) is 19.5 Å². The second-order valence-electron chi connectivity index (χ2n) is 4.42. The lowest BCUT2D eigenvalue weighted by atomic mass is 10.2. The number of nitrogens with one attached hydrogen (secondary N) is 1. The highest BCUT2D eigenvalue weighted by Gasteiger charge is 2.27. The van der Waals surface area contributed by atoms with Gasteiger partial charge in [-0.2, -0.15) is 18.2 Å². The normalized spacial score (nSPS) is 20.2. The Morgan fingerprint density at radius 3 is 2.95 bits per heavy atom. The summed E-state index contributed by atoms with van der Waals surface area (Å²) in [5.41, 5.74) is 0. The maximum absolute atomic E-state index is 11.9. The molecule has 2 heterocycles. The van der Waals surface area contributed by atoms with E-state index in [-0.39, 0.29) is 19.1 Å². The molecule has 0 saturated carbocycles. The van der Waals surface area contributed by atoms with Gasteiger partial charge in [0.15, 0.2) is 5.82 Å². The van der Waals surface area contributed by atoms with E-state index in [4.69, 9.17) is 9.26 Å². The van der Waals surface area contributed by atoms with Gasteiger partial charge in [-0.1, -0.05) is 5.16 Å². The first-order valence-corrected chi connectivity index (χ1v) is 6.31. The van der Waals surface area contributed by atoms with Crippen LogP contribution < -0.4 is 5.32 Å². The Labute approximate surface area is 113 Å². The monoisotopic (exact) mass is 295 g/mol. The Hall–Kier alpha value is -1.19. The average molecular weight is 295 g/mol. The lowest BCUT2D eigenvalue weighted by Crippen LogP contribution is -2.39. The van der Waals surface area contributed by atoms with Gasteiger partial charge < -0.3 is 19.3 Å². The van der Waals surface area contributed by atoms with Crippen LogP contribution in [0.1, 0.15) is 11.7 Å². The smallest absolute Gasteiger partial charge is 0.375 e. The molecule has 1 saturated heterocycles. The van der Waals surface area contributed by atoms with Crippen molar-refractivity contribution in [1.29, 1.82) is 0 Å². The molecule has 1 aromatic heterocycles. The van der Waals surface area contributed by atoms with Crippen LogP contribution in [0.3, 0.4) is 0 Å². The van der Waals surface area contributed by atoms with Crippen molar-refractivity contribution in [2.45, 2.75) is 25.1 Å². The van der Waals surface area contributed by atoms with Crippen LogP contribution in [0.15, 0.2) is 4.52 Å².